The number of hydrogen-bond donors (Lipinski definition) is 0. The van der Waals surface area contributed by atoms with Crippen LogP contribution in [0, 0.1) is 0 Å². The Labute approximate surface area is 818 Å². The average molecular weight is 1830 g/mol. The third-order valence-corrected chi connectivity index (χ3v) is 27.5. The van der Waals surface area contributed by atoms with Crippen LogP contribution in [0.2, 0.25) is 0 Å². The molecule has 28 rings (SSSR count). The van der Waals surface area contributed by atoms with E-state index >= 15 is 0 Å². The van der Waals surface area contributed by atoms with Gasteiger partial charge in [-0.15, -0.1) is 0 Å². The zero-order valence-corrected chi connectivity index (χ0v) is 76.6. The Kier molecular flexibility index (Phi) is 19.2. The van der Waals surface area contributed by atoms with E-state index in [-0.39, 0.29) is 0 Å². The molecule has 28 aromatic rings. The van der Waals surface area contributed by atoms with Crippen molar-refractivity contribution in [2.24, 2.45) is 0 Å². The van der Waals surface area contributed by atoms with Crippen LogP contribution in [0.3, 0.4) is 0 Å². The van der Waals surface area contributed by atoms with E-state index in [0.29, 0.717) is 70.1 Å². The van der Waals surface area contributed by atoms with E-state index in [4.69, 9.17) is 59.8 Å². The first-order valence-corrected chi connectivity index (χ1v) is 47.7. The standard InChI is InChI=1S/C126H77N17/c1-9-37-78(38-10-1)115-127-116(79-39-11-2-12-40-79)130-121(129-115)87-51-34-53-89(74-87)123-133-119(82-45-17-5-18-46-82)135-125(137-123)142-103-65-30-25-59-94(103)96-70-71-97-100-76-85(69-72-106(100)140(111(97)112(96)142)92-57-23-8-24-58-92)84-49-33-50-86(73-84)93-63-36-68-107-109(93)98-61-27-31-66-104(98)141(107)108-77-101-95-60-26-29-64-102(95)139(91-55-21-7-22-56-91)113(101)114-110(108)99-62-28-32-67-105(99)143(114)126-136-120(83-47-19-6-20-48-83)134-124(138-126)90-54-35-52-88(75-90)122-131-117(80-41-13-3-14-42-80)128-118(132-122)81-43-15-4-16-44-81/h1-77H. The Morgan fingerprint density at radius 3 is 0.846 bits per heavy atom. The highest BCUT2D eigenvalue weighted by atomic mass is 15.2. The Morgan fingerprint density at radius 1 is 0.133 bits per heavy atom. The summed E-state index contributed by atoms with van der Waals surface area (Å²) in [5, 5.41) is 10.7. The molecular formula is C126H77N17. The highest BCUT2D eigenvalue weighted by Gasteiger charge is 2.32. The van der Waals surface area contributed by atoms with E-state index in [1.165, 1.54) is 0 Å². The summed E-state index contributed by atoms with van der Waals surface area (Å²) in [6.07, 6.45) is 0. The second kappa shape index (κ2) is 33.6. The van der Waals surface area contributed by atoms with E-state index in [0.717, 1.165) is 204 Å². The van der Waals surface area contributed by atoms with Crippen molar-refractivity contribution < 1.29 is 0 Å². The number of nitrogens with zero attached hydrogens (tertiary/aromatic N) is 17. The lowest BCUT2D eigenvalue weighted by atomic mass is 9.95. The summed E-state index contributed by atoms with van der Waals surface area (Å²) >= 11 is 0. The van der Waals surface area contributed by atoms with E-state index < -0.39 is 0 Å². The Hall–Kier alpha value is -19.8. The lowest BCUT2D eigenvalue weighted by molar-refractivity contribution is 0.953. The fourth-order valence-electron chi connectivity index (χ4n) is 21.1. The second-order valence-corrected chi connectivity index (χ2v) is 35.8. The minimum absolute atomic E-state index is 0.441. The van der Waals surface area contributed by atoms with Crippen molar-refractivity contribution >= 4 is 109 Å². The molecule has 0 amide bonds. The number of aromatic nitrogens is 17. The molecule has 9 heterocycles. The number of hydrogen-bond acceptors (Lipinski definition) is 12. The van der Waals surface area contributed by atoms with Crippen molar-refractivity contribution in [1.29, 1.82) is 0 Å². The molecule has 0 bridgehead atoms. The summed E-state index contributed by atoms with van der Waals surface area (Å²) in [5.41, 5.74) is 25.5. The van der Waals surface area contributed by atoms with Gasteiger partial charge in [0, 0.05) is 121 Å². The molecule has 0 saturated heterocycles. The van der Waals surface area contributed by atoms with Gasteiger partial charge in [-0.2, -0.15) is 19.9 Å². The normalized spacial score (nSPS) is 11.8. The third kappa shape index (κ3) is 13.8. The van der Waals surface area contributed by atoms with Gasteiger partial charge < -0.3 is 13.7 Å². The fourth-order valence-corrected chi connectivity index (χ4v) is 21.1. The van der Waals surface area contributed by atoms with Crippen LogP contribution >= 0.6 is 0 Å². The van der Waals surface area contributed by atoms with Gasteiger partial charge in [0.25, 0.3) is 0 Å². The number of benzene rings is 19. The van der Waals surface area contributed by atoms with Crippen LogP contribution in [0.5, 0.6) is 0 Å². The van der Waals surface area contributed by atoms with E-state index in [2.05, 4.69) is 302 Å². The molecule has 0 unspecified atom stereocenters. The van der Waals surface area contributed by atoms with Crippen molar-refractivity contribution in [3.05, 3.63) is 467 Å². The van der Waals surface area contributed by atoms with Gasteiger partial charge in [0.15, 0.2) is 58.2 Å². The van der Waals surface area contributed by atoms with Crippen molar-refractivity contribution in [2.45, 2.75) is 0 Å². The second-order valence-electron chi connectivity index (χ2n) is 35.8. The fraction of sp³-hybridized carbons (Fsp3) is 0. The molecule has 0 aliphatic rings. The first-order chi connectivity index (χ1) is 70.9. The quantitative estimate of drug-likeness (QED) is 0.0843. The Balaban J connectivity index is 0.615. The molecule has 17 nitrogen and oxygen atoms in total. The Morgan fingerprint density at radius 2 is 0.406 bits per heavy atom. The lowest BCUT2D eigenvalue weighted by Crippen LogP contribution is -2.07. The summed E-state index contributed by atoms with van der Waals surface area (Å²) in [6.45, 7) is 0. The molecule has 0 spiro atoms. The lowest BCUT2D eigenvalue weighted by Gasteiger charge is -2.16. The number of para-hydroxylation sites is 6. The van der Waals surface area contributed by atoms with E-state index in [1.54, 1.807) is 0 Å². The van der Waals surface area contributed by atoms with E-state index in [1.807, 2.05) is 188 Å². The molecule has 9 aromatic heterocycles. The summed E-state index contributed by atoms with van der Waals surface area (Å²) in [4.78, 5) is 64.1. The van der Waals surface area contributed by atoms with Crippen molar-refractivity contribution in [1.82, 2.24) is 82.6 Å². The maximum atomic E-state index is 5.74. The molecular weight excluding hydrogens is 1750 g/mol. The molecule has 0 N–H and O–H groups in total. The molecule has 666 valence electrons. The molecule has 143 heavy (non-hydrogen) atoms. The highest BCUT2D eigenvalue weighted by Crippen LogP contribution is 2.50. The molecule has 0 radical (unpaired) electrons. The largest absolute Gasteiger partial charge is 0.308 e. The van der Waals surface area contributed by atoms with Crippen LogP contribution < -0.4 is 0 Å². The molecule has 0 fully saturated rings. The third-order valence-electron chi connectivity index (χ3n) is 27.5. The molecule has 0 saturated carbocycles. The van der Waals surface area contributed by atoms with Gasteiger partial charge in [-0.1, -0.05) is 376 Å². The van der Waals surface area contributed by atoms with Crippen LogP contribution in [-0.4, -0.2) is 82.6 Å². The summed E-state index contributed by atoms with van der Waals surface area (Å²) in [6, 6.07) is 163. The van der Waals surface area contributed by atoms with Crippen molar-refractivity contribution in [2.75, 3.05) is 0 Å². The number of rotatable bonds is 17. The van der Waals surface area contributed by atoms with Crippen molar-refractivity contribution in [3.8, 4) is 165 Å². The maximum absolute atomic E-state index is 5.74. The summed E-state index contributed by atoms with van der Waals surface area (Å²) < 4.78 is 11.9. The molecule has 17 heteroatoms. The molecule has 0 aliphatic carbocycles. The minimum Gasteiger partial charge on any atom is -0.308 e. The van der Waals surface area contributed by atoms with Crippen LogP contribution in [-0.2, 0) is 0 Å². The summed E-state index contributed by atoms with van der Waals surface area (Å²) in [7, 11) is 0. The van der Waals surface area contributed by atoms with E-state index in [9.17, 15) is 0 Å². The van der Waals surface area contributed by atoms with Crippen molar-refractivity contribution in [3.63, 3.8) is 0 Å². The average Bonchev–Trinajstić information content (AvgIpc) is 1.52. The van der Waals surface area contributed by atoms with Gasteiger partial charge in [-0.3, -0.25) is 9.13 Å². The first-order valence-electron chi connectivity index (χ1n) is 47.7. The SMILES string of the molecule is c1ccc(-c2nc(-c3ccccc3)nc(-c3cccc(-c4nc(-c5ccccc5)nc(-n5c6ccccc6c6ccc7c8cc(-c9cccc(-c%10cccc%11c%10c%10ccccc%10n%11-c%10cc%11c%12ccccc%12n(-c%12ccccc%12)c%11c%11c%10c%10ccccc%10n%11-c%10nc(-c%11ccccc%11)nc(-c%11cccc(-c%12nc(-c%13ccccc%13)nc(-c%13ccccc%13)n%12)c%11)n%10)c9)ccc8n(-c8ccccc8)c7c65)n4)c3)n2)cc1. The zero-order valence-electron chi connectivity index (χ0n) is 76.6. The van der Waals surface area contributed by atoms with Gasteiger partial charge in [0.05, 0.1) is 60.9 Å². The van der Waals surface area contributed by atoms with Crippen LogP contribution in [0.1, 0.15) is 0 Å². The predicted molar refractivity (Wildman–Crippen MR) is 577 cm³/mol. The first kappa shape index (κ1) is 81.6. The van der Waals surface area contributed by atoms with Gasteiger partial charge in [-0.25, -0.2) is 39.9 Å². The number of fused-ring (bicyclic) bond motifs is 17. The Bertz CT molecular complexity index is 9850. The smallest absolute Gasteiger partial charge is 0.238 e. The highest BCUT2D eigenvalue weighted by molar-refractivity contribution is 6.29. The topological polar surface area (TPSA) is 179 Å². The van der Waals surface area contributed by atoms with Gasteiger partial charge in [0.2, 0.25) is 11.9 Å². The van der Waals surface area contributed by atoms with Gasteiger partial charge in [-0.05, 0) is 113 Å². The van der Waals surface area contributed by atoms with Crippen LogP contribution in [0.4, 0.5) is 0 Å². The molecule has 0 aliphatic heterocycles. The van der Waals surface area contributed by atoms with Crippen LogP contribution in [0.25, 0.3) is 274 Å². The summed E-state index contributed by atoms with van der Waals surface area (Å²) in [5.74, 6) is 6.19. The van der Waals surface area contributed by atoms with Crippen LogP contribution in [0.15, 0.2) is 467 Å². The monoisotopic (exact) mass is 1830 g/mol. The minimum atomic E-state index is 0.441. The predicted octanol–water partition coefficient (Wildman–Crippen LogP) is 29.9. The maximum Gasteiger partial charge on any atom is 0.238 e. The van der Waals surface area contributed by atoms with Gasteiger partial charge in [0.1, 0.15) is 0 Å². The zero-order chi connectivity index (χ0) is 94.1. The molecule has 0 atom stereocenters. The van der Waals surface area contributed by atoms with Gasteiger partial charge >= 0.3 is 0 Å². The molecule has 19 aromatic carbocycles.